The lowest BCUT2D eigenvalue weighted by Gasteiger charge is -2.26. The number of urea groups is 2. The standard InChI is InChI=1S/C37H42N8O4/c1-25-9-11-26(12-10-25)45-34(24-32(43-45)37(2,3)4)42-36(47)40-30-13-14-31(29-8-6-5-7-28(29)30)49-27-15-16-38-33(23-27)41-35(46)39-17-18-44-19-21-48-22-20-44/h5-16,23-24H,17-22H2,1-4H3,(H2,40,42,47)(H2,38,39,41,46). The zero-order valence-corrected chi connectivity index (χ0v) is 28.2. The van der Waals surface area contributed by atoms with Crippen molar-refractivity contribution in [3.05, 3.63) is 96.3 Å². The molecule has 0 atom stereocenters. The number of nitrogens with zero attached hydrogens (tertiary/aromatic N) is 4. The summed E-state index contributed by atoms with van der Waals surface area (Å²) in [5.41, 5.74) is 3.24. The Balaban J connectivity index is 1.14. The number of aromatic nitrogens is 3. The minimum absolute atomic E-state index is 0.212. The molecule has 0 aliphatic carbocycles. The summed E-state index contributed by atoms with van der Waals surface area (Å²) in [6, 6.07) is 23.8. The van der Waals surface area contributed by atoms with E-state index < -0.39 is 6.03 Å². The maximum absolute atomic E-state index is 13.4. The van der Waals surface area contributed by atoms with Crippen LogP contribution in [0.1, 0.15) is 32.0 Å². The van der Waals surface area contributed by atoms with Crippen LogP contribution in [0.15, 0.2) is 85.1 Å². The Labute approximate surface area is 285 Å². The molecule has 3 aromatic carbocycles. The first-order valence-corrected chi connectivity index (χ1v) is 16.4. The van der Waals surface area contributed by atoms with E-state index >= 15 is 0 Å². The number of aryl methyl sites for hydroxylation is 1. The molecule has 0 bridgehead atoms. The van der Waals surface area contributed by atoms with Gasteiger partial charge >= 0.3 is 12.1 Å². The second kappa shape index (κ2) is 14.8. The topological polar surface area (TPSA) is 135 Å². The van der Waals surface area contributed by atoms with E-state index in [2.05, 4.69) is 51.9 Å². The highest BCUT2D eigenvalue weighted by Gasteiger charge is 2.22. The van der Waals surface area contributed by atoms with Gasteiger partial charge < -0.3 is 20.1 Å². The first kappa shape index (κ1) is 33.4. The maximum atomic E-state index is 13.4. The van der Waals surface area contributed by atoms with Crippen molar-refractivity contribution < 1.29 is 19.1 Å². The van der Waals surface area contributed by atoms with Gasteiger partial charge in [0.2, 0.25) is 0 Å². The zero-order valence-electron chi connectivity index (χ0n) is 28.2. The summed E-state index contributed by atoms with van der Waals surface area (Å²) < 4.78 is 13.4. The summed E-state index contributed by atoms with van der Waals surface area (Å²) in [7, 11) is 0. The maximum Gasteiger partial charge on any atom is 0.324 e. The van der Waals surface area contributed by atoms with Gasteiger partial charge in [-0.1, -0.05) is 62.7 Å². The number of carbonyl (C=O) groups is 2. The van der Waals surface area contributed by atoms with Crippen LogP contribution in [0.2, 0.25) is 0 Å². The molecule has 12 heteroatoms. The fraction of sp³-hybridized carbons (Fsp3) is 0.297. The lowest BCUT2D eigenvalue weighted by atomic mass is 9.92. The largest absolute Gasteiger partial charge is 0.457 e. The fourth-order valence-electron chi connectivity index (χ4n) is 5.44. The molecule has 1 aliphatic heterocycles. The fourth-order valence-corrected chi connectivity index (χ4v) is 5.44. The zero-order chi connectivity index (χ0) is 34.4. The molecule has 4 N–H and O–H groups in total. The van der Waals surface area contributed by atoms with Gasteiger partial charge in [-0.05, 0) is 37.3 Å². The van der Waals surface area contributed by atoms with Gasteiger partial charge in [-0.15, -0.1) is 0 Å². The first-order valence-electron chi connectivity index (χ1n) is 16.4. The van der Waals surface area contributed by atoms with Crippen LogP contribution in [-0.4, -0.2) is 71.1 Å². The SMILES string of the molecule is Cc1ccc(-n2nc(C(C)(C)C)cc2NC(=O)Nc2ccc(Oc3ccnc(NC(=O)NCCN4CCOCC4)c3)c3ccccc23)cc1. The van der Waals surface area contributed by atoms with Crippen molar-refractivity contribution in [3.8, 4) is 17.2 Å². The quantitative estimate of drug-likeness (QED) is 0.135. The normalized spacial score (nSPS) is 13.6. The Morgan fingerprint density at radius 3 is 2.39 bits per heavy atom. The minimum Gasteiger partial charge on any atom is -0.457 e. The predicted octanol–water partition coefficient (Wildman–Crippen LogP) is 6.92. The molecular formula is C37H42N8O4. The number of anilines is 3. The predicted molar refractivity (Wildman–Crippen MR) is 192 cm³/mol. The number of amides is 4. The third kappa shape index (κ3) is 8.53. The average Bonchev–Trinajstić information content (AvgIpc) is 3.51. The number of nitrogens with one attached hydrogen (secondary N) is 4. The molecule has 0 unspecified atom stereocenters. The number of morpholine rings is 1. The minimum atomic E-state index is -0.402. The van der Waals surface area contributed by atoms with Gasteiger partial charge in [0.1, 0.15) is 23.1 Å². The number of ether oxygens (including phenoxy) is 2. The second-order valence-electron chi connectivity index (χ2n) is 13.0. The van der Waals surface area contributed by atoms with Crippen LogP contribution in [0.3, 0.4) is 0 Å². The van der Waals surface area contributed by atoms with Crippen LogP contribution in [0.25, 0.3) is 16.5 Å². The van der Waals surface area contributed by atoms with E-state index in [0.717, 1.165) is 47.4 Å². The summed E-state index contributed by atoms with van der Waals surface area (Å²) >= 11 is 0. The van der Waals surface area contributed by atoms with E-state index in [0.29, 0.717) is 48.6 Å². The molecule has 4 amide bonds. The van der Waals surface area contributed by atoms with E-state index in [9.17, 15) is 9.59 Å². The molecule has 0 saturated carbocycles. The molecular weight excluding hydrogens is 620 g/mol. The summed E-state index contributed by atoms with van der Waals surface area (Å²) in [6.07, 6.45) is 1.58. The number of benzene rings is 3. The van der Waals surface area contributed by atoms with Gasteiger partial charge in [-0.2, -0.15) is 5.10 Å². The smallest absolute Gasteiger partial charge is 0.324 e. The van der Waals surface area contributed by atoms with Crippen LogP contribution in [-0.2, 0) is 10.2 Å². The van der Waals surface area contributed by atoms with E-state index in [1.54, 1.807) is 35.1 Å². The molecule has 5 aromatic rings. The number of rotatable bonds is 9. The van der Waals surface area contributed by atoms with Crippen LogP contribution >= 0.6 is 0 Å². The van der Waals surface area contributed by atoms with Gasteiger partial charge in [0.05, 0.1) is 30.3 Å². The summed E-state index contributed by atoms with van der Waals surface area (Å²) in [6.45, 7) is 12.7. The molecule has 2 aromatic heterocycles. The highest BCUT2D eigenvalue weighted by atomic mass is 16.5. The molecule has 0 radical (unpaired) electrons. The van der Waals surface area contributed by atoms with Crippen molar-refractivity contribution in [2.45, 2.75) is 33.1 Å². The number of carbonyl (C=O) groups excluding carboxylic acids is 2. The number of hydrogen-bond acceptors (Lipinski definition) is 7. The molecule has 49 heavy (non-hydrogen) atoms. The number of hydrogen-bond donors (Lipinski definition) is 4. The summed E-state index contributed by atoms with van der Waals surface area (Å²) in [4.78, 5) is 32.4. The monoisotopic (exact) mass is 662 g/mol. The van der Waals surface area contributed by atoms with Gasteiger partial charge in [0.25, 0.3) is 0 Å². The van der Waals surface area contributed by atoms with Crippen molar-refractivity contribution in [1.29, 1.82) is 0 Å². The van der Waals surface area contributed by atoms with E-state index in [-0.39, 0.29) is 11.4 Å². The van der Waals surface area contributed by atoms with Gasteiger partial charge in [0, 0.05) is 60.7 Å². The van der Waals surface area contributed by atoms with Crippen LogP contribution in [0.4, 0.5) is 26.9 Å². The Morgan fingerprint density at radius 2 is 1.63 bits per heavy atom. The van der Waals surface area contributed by atoms with Crippen LogP contribution in [0.5, 0.6) is 11.5 Å². The second-order valence-corrected chi connectivity index (χ2v) is 13.0. The first-order chi connectivity index (χ1) is 23.6. The molecule has 1 saturated heterocycles. The molecule has 1 fully saturated rings. The molecule has 6 rings (SSSR count). The summed E-state index contributed by atoms with van der Waals surface area (Å²) in [5.74, 6) is 2.01. The Bertz CT molecular complexity index is 1930. The molecule has 1 aliphatic rings. The third-order valence-corrected chi connectivity index (χ3v) is 8.15. The highest BCUT2D eigenvalue weighted by Crippen LogP contribution is 2.35. The van der Waals surface area contributed by atoms with Crippen LogP contribution < -0.4 is 26.0 Å². The summed E-state index contributed by atoms with van der Waals surface area (Å²) in [5, 5.41) is 18.1. The molecule has 12 nitrogen and oxygen atoms in total. The highest BCUT2D eigenvalue weighted by molar-refractivity contribution is 6.07. The van der Waals surface area contributed by atoms with E-state index in [1.165, 1.54) is 0 Å². The number of fused-ring (bicyclic) bond motifs is 1. The molecule has 3 heterocycles. The Kier molecular flexibility index (Phi) is 10.1. The van der Waals surface area contributed by atoms with Crippen molar-refractivity contribution >= 4 is 40.2 Å². The average molecular weight is 663 g/mol. The molecule has 254 valence electrons. The van der Waals surface area contributed by atoms with Crippen molar-refractivity contribution in [2.75, 3.05) is 55.3 Å². The lowest BCUT2D eigenvalue weighted by molar-refractivity contribution is 0.0388. The molecule has 0 spiro atoms. The van der Waals surface area contributed by atoms with Gasteiger partial charge in [0.15, 0.2) is 0 Å². The van der Waals surface area contributed by atoms with Crippen molar-refractivity contribution in [3.63, 3.8) is 0 Å². The van der Waals surface area contributed by atoms with Crippen LogP contribution in [0, 0.1) is 6.92 Å². The van der Waals surface area contributed by atoms with Crippen molar-refractivity contribution in [2.24, 2.45) is 0 Å². The van der Waals surface area contributed by atoms with Crippen molar-refractivity contribution in [1.82, 2.24) is 25.0 Å². The Morgan fingerprint density at radius 1 is 0.878 bits per heavy atom. The Hall–Kier alpha value is -5.46. The number of pyridine rings is 1. The lowest BCUT2D eigenvalue weighted by Crippen LogP contribution is -2.42. The third-order valence-electron chi connectivity index (χ3n) is 8.15. The van der Waals surface area contributed by atoms with E-state index in [4.69, 9.17) is 14.6 Å². The van der Waals surface area contributed by atoms with Gasteiger partial charge in [-0.25, -0.2) is 19.3 Å². The van der Waals surface area contributed by atoms with E-state index in [1.807, 2.05) is 61.5 Å². The van der Waals surface area contributed by atoms with Gasteiger partial charge in [-0.3, -0.25) is 15.5 Å².